The van der Waals surface area contributed by atoms with Gasteiger partial charge >= 0.3 is 0 Å². The maximum Gasteiger partial charge on any atom is 0.283 e. The van der Waals surface area contributed by atoms with E-state index in [9.17, 15) is 4.79 Å². The van der Waals surface area contributed by atoms with Gasteiger partial charge in [-0.1, -0.05) is 48.6 Å². The number of hydrogen-bond donors (Lipinski definition) is 2. The van der Waals surface area contributed by atoms with E-state index in [1.54, 1.807) is 7.11 Å². The van der Waals surface area contributed by atoms with E-state index in [1.165, 1.54) is 0 Å². The zero-order valence-electron chi connectivity index (χ0n) is 12.6. The van der Waals surface area contributed by atoms with Crippen molar-refractivity contribution in [3.8, 4) is 5.75 Å². The molecule has 0 atom stereocenters. The number of aryl methyl sites for hydroxylation is 1. The maximum absolute atomic E-state index is 12.1. The Kier molecular flexibility index (Phi) is 5.49. The molecule has 0 bridgehead atoms. The Labute approximate surface area is 135 Å². The third-order valence-electron chi connectivity index (χ3n) is 3.11. The summed E-state index contributed by atoms with van der Waals surface area (Å²) in [5, 5.41) is 5.72. The van der Waals surface area contributed by atoms with Crippen LogP contribution in [0.3, 0.4) is 0 Å². The number of methoxy groups -OCH3 is 1. The molecule has 2 aromatic carbocycles. The molecule has 0 spiro atoms. The smallest absolute Gasteiger partial charge is 0.283 e. The molecule has 0 aliphatic carbocycles. The van der Waals surface area contributed by atoms with Crippen molar-refractivity contribution in [1.82, 2.24) is 5.32 Å². The van der Waals surface area contributed by atoms with Crippen molar-refractivity contribution in [2.75, 3.05) is 12.4 Å². The first-order valence-electron chi connectivity index (χ1n) is 6.88. The summed E-state index contributed by atoms with van der Waals surface area (Å²) in [5.41, 5.74) is 2.70. The van der Waals surface area contributed by atoms with Crippen LogP contribution < -0.4 is 15.4 Å². The molecular formula is C17H18N2O2S. The second-order valence-electron chi connectivity index (χ2n) is 4.83. The molecule has 0 aliphatic heterocycles. The van der Waals surface area contributed by atoms with Crippen LogP contribution in [0.1, 0.15) is 11.1 Å². The SMILES string of the molecule is COc1ccc(C)cc1NC(=O)C(=S)NCc1ccccc1. The summed E-state index contributed by atoms with van der Waals surface area (Å²) in [6, 6.07) is 15.3. The Balaban J connectivity index is 1.97. The highest BCUT2D eigenvalue weighted by atomic mass is 32.1. The fraction of sp³-hybridized carbons (Fsp3) is 0.176. The molecule has 0 unspecified atom stereocenters. The van der Waals surface area contributed by atoms with Crippen LogP contribution in [0.25, 0.3) is 0 Å². The minimum absolute atomic E-state index is 0.146. The van der Waals surface area contributed by atoms with Crippen LogP contribution in [0.5, 0.6) is 5.75 Å². The quantitative estimate of drug-likeness (QED) is 0.852. The van der Waals surface area contributed by atoms with E-state index < -0.39 is 0 Å². The van der Waals surface area contributed by atoms with Gasteiger partial charge in [-0.15, -0.1) is 0 Å². The molecule has 0 saturated heterocycles. The number of amides is 1. The average molecular weight is 314 g/mol. The predicted octanol–water partition coefficient (Wildman–Crippen LogP) is 3.06. The van der Waals surface area contributed by atoms with Crippen molar-refractivity contribution in [3.05, 3.63) is 59.7 Å². The van der Waals surface area contributed by atoms with Crippen LogP contribution in [-0.4, -0.2) is 18.0 Å². The first-order valence-corrected chi connectivity index (χ1v) is 7.28. The molecule has 0 fully saturated rings. The number of rotatable bonds is 4. The molecule has 2 rings (SSSR count). The van der Waals surface area contributed by atoms with E-state index >= 15 is 0 Å². The normalized spacial score (nSPS) is 9.91. The van der Waals surface area contributed by atoms with E-state index in [0.717, 1.165) is 11.1 Å². The number of thiocarbonyl (C=S) groups is 1. The largest absolute Gasteiger partial charge is 0.495 e. The van der Waals surface area contributed by atoms with Gasteiger partial charge in [-0.05, 0) is 30.2 Å². The summed E-state index contributed by atoms with van der Waals surface area (Å²) in [6.45, 7) is 2.46. The number of hydrogen-bond acceptors (Lipinski definition) is 3. The van der Waals surface area contributed by atoms with Gasteiger partial charge in [0.05, 0.1) is 12.8 Å². The third kappa shape index (κ3) is 4.30. The molecule has 0 aromatic heterocycles. The Morgan fingerprint density at radius 1 is 1.18 bits per heavy atom. The van der Waals surface area contributed by atoms with E-state index in [1.807, 2.05) is 55.5 Å². The summed E-state index contributed by atoms with van der Waals surface area (Å²) in [6.07, 6.45) is 0. The number of anilines is 1. The number of ether oxygens (including phenoxy) is 1. The fourth-order valence-electron chi connectivity index (χ4n) is 1.96. The van der Waals surface area contributed by atoms with Gasteiger partial charge in [-0.25, -0.2) is 0 Å². The molecule has 114 valence electrons. The van der Waals surface area contributed by atoms with Gasteiger partial charge < -0.3 is 15.4 Å². The topological polar surface area (TPSA) is 50.4 Å². The van der Waals surface area contributed by atoms with Crippen molar-refractivity contribution in [1.29, 1.82) is 0 Å². The van der Waals surface area contributed by atoms with Crippen LogP contribution >= 0.6 is 12.2 Å². The minimum Gasteiger partial charge on any atom is -0.495 e. The molecule has 0 saturated carbocycles. The van der Waals surface area contributed by atoms with Gasteiger partial charge in [0.1, 0.15) is 5.75 Å². The highest BCUT2D eigenvalue weighted by Gasteiger charge is 2.12. The molecule has 0 radical (unpaired) electrons. The summed E-state index contributed by atoms with van der Waals surface area (Å²) in [7, 11) is 1.56. The number of carbonyl (C=O) groups excluding carboxylic acids is 1. The fourth-order valence-corrected chi connectivity index (χ4v) is 2.08. The molecular weight excluding hydrogens is 296 g/mol. The Hall–Kier alpha value is -2.40. The second kappa shape index (κ2) is 7.56. The molecule has 2 aromatic rings. The third-order valence-corrected chi connectivity index (χ3v) is 3.44. The van der Waals surface area contributed by atoms with E-state index in [0.29, 0.717) is 18.0 Å². The summed E-state index contributed by atoms with van der Waals surface area (Å²) in [4.78, 5) is 12.3. The molecule has 5 heteroatoms. The van der Waals surface area contributed by atoms with E-state index in [4.69, 9.17) is 17.0 Å². The first-order chi connectivity index (χ1) is 10.6. The van der Waals surface area contributed by atoms with Crippen LogP contribution in [0.2, 0.25) is 0 Å². The van der Waals surface area contributed by atoms with Gasteiger partial charge in [-0.3, -0.25) is 4.79 Å². The monoisotopic (exact) mass is 314 g/mol. The lowest BCUT2D eigenvalue weighted by Gasteiger charge is -2.12. The summed E-state index contributed by atoms with van der Waals surface area (Å²) < 4.78 is 5.23. The van der Waals surface area contributed by atoms with Crippen LogP contribution in [0, 0.1) is 6.92 Å². The van der Waals surface area contributed by atoms with Gasteiger partial charge in [-0.2, -0.15) is 0 Å². The predicted molar refractivity (Wildman–Crippen MR) is 92.2 cm³/mol. The lowest BCUT2D eigenvalue weighted by Crippen LogP contribution is -2.33. The molecule has 1 amide bonds. The maximum atomic E-state index is 12.1. The second-order valence-corrected chi connectivity index (χ2v) is 5.23. The first kappa shape index (κ1) is 16.0. The van der Waals surface area contributed by atoms with Crippen molar-refractivity contribution in [2.24, 2.45) is 0 Å². The highest BCUT2D eigenvalue weighted by molar-refractivity contribution is 7.82. The number of carbonyl (C=O) groups is 1. The minimum atomic E-state index is -0.352. The van der Waals surface area contributed by atoms with Gasteiger partial charge in [0.15, 0.2) is 4.99 Å². The number of nitrogens with one attached hydrogen (secondary N) is 2. The van der Waals surface area contributed by atoms with Crippen molar-refractivity contribution >= 4 is 28.8 Å². The summed E-state index contributed by atoms with van der Waals surface area (Å²) >= 11 is 5.12. The van der Waals surface area contributed by atoms with Gasteiger partial charge in [0.25, 0.3) is 5.91 Å². The van der Waals surface area contributed by atoms with E-state index in [2.05, 4.69) is 10.6 Å². The lowest BCUT2D eigenvalue weighted by atomic mass is 10.2. The highest BCUT2D eigenvalue weighted by Crippen LogP contribution is 2.25. The molecule has 0 aliphatic rings. The van der Waals surface area contributed by atoms with Crippen molar-refractivity contribution in [3.63, 3.8) is 0 Å². The zero-order chi connectivity index (χ0) is 15.9. The van der Waals surface area contributed by atoms with E-state index in [-0.39, 0.29) is 10.9 Å². The lowest BCUT2D eigenvalue weighted by molar-refractivity contribution is -0.110. The molecule has 0 heterocycles. The average Bonchev–Trinajstić information content (AvgIpc) is 2.53. The standard InChI is InChI=1S/C17H18N2O2S/c1-12-8-9-15(21-2)14(10-12)19-16(20)17(22)18-11-13-6-4-3-5-7-13/h3-10H,11H2,1-2H3,(H,18,22)(H,19,20). The Morgan fingerprint density at radius 3 is 2.59 bits per heavy atom. The molecule has 22 heavy (non-hydrogen) atoms. The van der Waals surface area contributed by atoms with Gasteiger partial charge in [0.2, 0.25) is 0 Å². The van der Waals surface area contributed by atoms with Crippen LogP contribution in [-0.2, 0) is 11.3 Å². The van der Waals surface area contributed by atoms with Crippen molar-refractivity contribution in [2.45, 2.75) is 13.5 Å². The molecule has 2 N–H and O–H groups in total. The van der Waals surface area contributed by atoms with Crippen molar-refractivity contribution < 1.29 is 9.53 Å². The van der Waals surface area contributed by atoms with Gasteiger partial charge in [0, 0.05) is 6.54 Å². The Morgan fingerprint density at radius 2 is 1.91 bits per heavy atom. The van der Waals surface area contributed by atoms with Crippen LogP contribution in [0.4, 0.5) is 5.69 Å². The molecule has 4 nitrogen and oxygen atoms in total. The number of benzene rings is 2. The zero-order valence-corrected chi connectivity index (χ0v) is 13.4. The van der Waals surface area contributed by atoms with Crippen LogP contribution in [0.15, 0.2) is 48.5 Å². The summed E-state index contributed by atoms with van der Waals surface area (Å²) in [5.74, 6) is 0.250. The Bertz CT molecular complexity index is 672.